The second kappa shape index (κ2) is 8.41. The first-order chi connectivity index (χ1) is 14.5. The van der Waals surface area contributed by atoms with Gasteiger partial charge in [-0.05, 0) is 50.1 Å². The molecule has 0 bridgehead atoms. The molecule has 4 rings (SSSR count). The Hall–Kier alpha value is -3.61. The Balaban J connectivity index is 1.35. The van der Waals surface area contributed by atoms with Crippen LogP contribution < -0.4 is 9.64 Å². The molecule has 0 radical (unpaired) electrons. The van der Waals surface area contributed by atoms with E-state index in [1.807, 2.05) is 38.1 Å². The summed E-state index contributed by atoms with van der Waals surface area (Å²) >= 11 is 0. The predicted molar refractivity (Wildman–Crippen MR) is 110 cm³/mol. The second-order valence-electron chi connectivity index (χ2n) is 7.12. The Morgan fingerprint density at radius 3 is 2.77 bits per heavy atom. The molecule has 3 aromatic rings. The summed E-state index contributed by atoms with van der Waals surface area (Å²) in [6.45, 7) is 4.24. The van der Waals surface area contributed by atoms with E-state index in [1.54, 1.807) is 29.2 Å². The highest BCUT2D eigenvalue weighted by atomic mass is 16.5. The molecule has 0 unspecified atom stereocenters. The van der Waals surface area contributed by atoms with Crippen LogP contribution in [0, 0.1) is 13.8 Å². The highest BCUT2D eigenvalue weighted by Gasteiger charge is 2.25. The number of fused-ring (bicyclic) bond motifs is 1. The maximum Gasteiger partial charge on any atom is 0.338 e. The van der Waals surface area contributed by atoms with Crippen LogP contribution in [0.4, 0.5) is 5.69 Å². The summed E-state index contributed by atoms with van der Waals surface area (Å²) in [5.41, 5.74) is 3.97. The molecule has 1 amide bonds. The number of hydrogen-bond acceptors (Lipinski definition) is 6. The summed E-state index contributed by atoms with van der Waals surface area (Å²) in [4.78, 5) is 26.6. The van der Waals surface area contributed by atoms with Crippen LogP contribution in [0.15, 0.2) is 53.1 Å². The van der Waals surface area contributed by atoms with Crippen molar-refractivity contribution in [3.63, 3.8) is 0 Å². The van der Waals surface area contributed by atoms with Crippen molar-refractivity contribution in [2.75, 3.05) is 18.1 Å². The van der Waals surface area contributed by atoms with Crippen LogP contribution in [0.2, 0.25) is 0 Å². The molecular weight excluding hydrogens is 384 g/mol. The summed E-state index contributed by atoms with van der Waals surface area (Å²) in [5, 5.41) is 3.90. The molecule has 30 heavy (non-hydrogen) atoms. The van der Waals surface area contributed by atoms with Gasteiger partial charge in [0.2, 0.25) is 0 Å². The molecule has 2 aromatic carbocycles. The first-order valence-corrected chi connectivity index (χ1v) is 9.73. The van der Waals surface area contributed by atoms with Gasteiger partial charge in [-0.15, -0.1) is 0 Å². The van der Waals surface area contributed by atoms with E-state index >= 15 is 0 Å². The Bertz CT molecular complexity index is 1070. The molecule has 0 fully saturated rings. The van der Waals surface area contributed by atoms with Gasteiger partial charge in [0, 0.05) is 12.2 Å². The number of carbonyl (C=O) groups is 2. The lowest BCUT2D eigenvalue weighted by atomic mass is 10.2. The highest BCUT2D eigenvalue weighted by Crippen LogP contribution is 2.27. The molecule has 7 nitrogen and oxygen atoms in total. The largest absolute Gasteiger partial charge is 0.489 e. The molecule has 2 heterocycles. The van der Waals surface area contributed by atoms with Gasteiger partial charge in [0.1, 0.15) is 18.1 Å². The van der Waals surface area contributed by atoms with E-state index < -0.39 is 5.97 Å². The van der Waals surface area contributed by atoms with Gasteiger partial charge in [-0.1, -0.05) is 29.4 Å². The SMILES string of the molecule is Cc1noc(C)c1COc1cccc(C(=O)OCC(=O)N2CCc3ccccc32)c1. The number of benzene rings is 2. The number of hydrogen-bond donors (Lipinski definition) is 0. The molecule has 0 spiro atoms. The van der Waals surface area contributed by atoms with Crippen LogP contribution in [0.1, 0.15) is 32.9 Å². The number of carbonyl (C=O) groups excluding carboxylic acids is 2. The van der Waals surface area contributed by atoms with Crippen molar-refractivity contribution in [3.8, 4) is 5.75 Å². The van der Waals surface area contributed by atoms with Gasteiger partial charge in [-0.2, -0.15) is 0 Å². The molecule has 0 N–H and O–H groups in total. The Morgan fingerprint density at radius 1 is 1.13 bits per heavy atom. The van der Waals surface area contributed by atoms with E-state index in [0.29, 0.717) is 23.6 Å². The molecular formula is C23H22N2O5. The summed E-state index contributed by atoms with van der Waals surface area (Å²) in [5.74, 6) is 0.409. The van der Waals surface area contributed by atoms with Crippen LogP contribution in [0.25, 0.3) is 0 Å². The number of esters is 1. The van der Waals surface area contributed by atoms with E-state index in [-0.39, 0.29) is 19.1 Å². The average Bonchev–Trinajstić information content (AvgIpc) is 3.33. The third kappa shape index (κ3) is 4.05. The van der Waals surface area contributed by atoms with Gasteiger partial charge in [0.05, 0.1) is 16.8 Å². The van der Waals surface area contributed by atoms with E-state index in [1.165, 1.54) is 0 Å². The molecule has 154 valence electrons. The standard InChI is InChI=1S/C23H22N2O5/c1-15-20(16(2)30-24-15)13-28-19-8-5-7-18(12-19)23(27)29-14-22(26)25-11-10-17-6-3-4-9-21(17)25/h3-9,12H,10-11,13-14H2,1-2H3. The van der Waals surface area contributed by atoms with Crippen LogP contribution >= 0.6 is 0 Å². The van der Waals surface area contributed by atoms with Crippen molar-refractivity contribution in [3.05, 3.63) is 76.7 Å². The zero-order valence-electron chi connectivity index (χ0n) is 16.9. The van der Waals surface area contributed by atoms with E-state index in [9.17, 15) is 9.59 Å². The van der Waals surface area contributed by atoms with Crippen molar-refractivity contribution in [2.45, 2.75) is 26.9 Å². The molecule has 1 aromatic heterocycles. The van der Waals surface area contributed by atoms with Gasteiger partial charge in [-0.3, -0.25) is 4.79 Å². The van der Waals surface area contributed by atoms with Crippen molar-refractivity contribution in [1.82, 2.24) is 5.16 Å². The zero-order chi connectivity index (χ0) is 21.1. The molecule has 0 aliphatic carbocycles. The summed E-state index contributed by atoms with van der Waals surface area (Å²) < 4.78 is 16.1. The smallest absolute Gasteiger partial charge is 0.338 e. The van der Waals surface area contributed by atoms with Crippen molar-refractivity contribution < 1.29 is 23.6 Å². The van der Waals surface area contributed by atoms with Crippen LogP contribution in [0.5, 0.6) is 5.75 Å². The number of amides is 1. The number of para-hydroxylation sites is 1. The summed E-state index contributed by atoms with van der Waals surface area (Å²) in [7, 11) is 0. The minimum Gasteiger partial charge on any atom is -0.489 e. The normalized spacial score (nSPS) is 12.5. The van der Waals surface area contributed by atoms with Crippen LogP contribution in [0.3, 0.4) is 0 Å². The molecule has 0 saturated carbocycles. The van der Waals surface area contributed by atoms with E-state index in [0.717, 1.165) is 28.9 Å². The molecule has 0 atom stereocenters. The third-order valence-corrected chi connectivity index (χ3v) is 5.15. The fourth-order valence-electron chi connectivity index (χ4n) is 3.46. The van der Waals surface area contributed by atoms with E-state index in [4.69, 9.17) is 14.0 Å². The number of aryl methyl sites for hydroxylation is 2. The third-order valence-electron chi connectivity index (χ3n) is 5.15. The van der Waals surface area contributed by atoms with Gasteiger partial charge < -0.3 is 18.9 Å². The zero-order valence-corrected chi connectivity index (χ0v) is 16.9. The van der Waals surface area contributed by atoms with Crippen molar-refractivity contribution in [2.24, 2.45) is 0 Å². The van der Waals surface area contributed by atoms with Gasteiger partial charge >= 0.3 is 5.97 Å². The van der Waals surface area contributed by atoms with E-state index in [2.05, 4.69) is 5.16 Å². The minimum absolute atomic E-state index is 0.237. The molecule has 7 heteroatoms. The molecule has 1 aliphatic heterocycles. The monoisotopic (exact) mass is 406 g/mol. The predicted octanol–water partition coefficient (Wildman–Crippen LogP) is 3.62. The molecule has 0 saturated heterocycles. The van der Waals surface area contributed by atoms with Gasteiger partial charge in [0.25, 0.3) is 5.91 Å². The number of ether oxygens (including phenoxy) is 2. The first-order valence-electron chi connectivity index (χ1n) is 9.73. The van der Waals surface area contributed by atoms with Crippen molar-refractivity contribution in [1.29, 1.82) is 0 Å². The summed E-state index contributed by atoms with van der Waals surface area (Å²) in [6, 6.07) is 14.4. The summed E-state index contributed by atoms with van der Waals surface area (Å²) in [6.07, 6.45) is 0.806. The lowest BCUT2D eigenvalue weighted by Gasteiger charge is -2.17. The Morgan fingerprint density at radius 2 is 1.97 bits per heavy atom. The number of anilines is 1. The quantitative estimate of drug-likeness (QED) is 0.582. The minimum atomic E-state index is -0.571. The maximum absolute atomic E-state index is 12.5. The topological polar surface area (TPSA) is 81.9 Å². The lowest BCUT2D eigenvalue weighted by Crippen LogP contribution is -2.33. The number of nitrogens with zero attached hydrogens (tertiary/aromatic N) is 2. The molecule has 1 aliphatic rings. The van der Waals surface area contributed by atoms with Gasteiger partial charge in [0.15, 0.2) is 6.61 Å². The first kappa shape index (κ1) is 19.7. The highest BCUT2D eigenvalue weighted by molar-refractivity contribution is 5.98. The van der Waals surface area contributed by atoms with Crippen molar-refractivity contribution >= 4 is 17.6 Å². The maximum atomic E-state index is 12.5. The van der Waals surface area contributed by atoms with Gasteiger partial charge in [-0.25, -0.2) is 4.79 Å². The fourth-order valence-corrected chi connectivity index (χ4v) is 3.46. The second-order valence-corrected chi connectivity index (χ2v) is 7.12. The average molecular weight is 406 g/mol. The number of aromatic nitrogens is 1. The number of rotatable bonds is 6. The fraction of sp³-hybridized carbons (Fsp3) is 0.261. The lowest BCUT2D eigenvalue weighted by molar-refractivity contribution is -0.121. The van der Waals surface area contributed by atoms with Crippen LogP contribution in [-0.4, -0.2) is 30.2 Å². The van der Waals surface area contributed by atoms with Crippen LogP contribution in [-0.2, 0) is 22.6 Å². The Kier molecular flexibility index (Phi) is 5.52. The Labute approximate surface area is 174 Å².